The second-order valence-corrected chi connectivity index (χ2v) is 4.67. The minimum absolute atomic E-state index is 0.172. The molecule has 1 aromatic rings. The van der Waals surface area contributed by atoms with Crippen LogP contribution in [-0.4, -0.2) is 51.7 Å². The largest absolute Gasteiger partial charge is 0.345 e. The molecule has 1 aliphatic heterocycles. The number of aryl methyl sites for hydroxylation is 1. The molecule has 1 fully saturated rings. The summed E-state index contributed by atoms with van der Waals surface area (Å²) in [5, 5.41) is 9.70. The number of aromatic nitrogens is 3. The molecule has 1 aromatic heterocycles. The Morgan fingerprint density at radius 1 is 1.56 bits per heavy atom. The van der Waals surface area contributed by atoms with Crippen LogP contribution in [0.5, 0.6) is 0 Å². The van der Waals surface area contributed by atoms with Crippen LogP contribution in [-0.2, 0) is 6.42 Å². The zero-order valence-corrected chi connectivity index (χ0v) is 11.1. The molecule has 6 nitrogen and oxygen atoms in total. The van der Waals surface area contributed by atoms with Crippen LogP contribution in [0.15, 0.2) is 0 Å². The third-order valence-electron chi connectivity index (χ3n) is 3.36. The molecule has 0 spiro atoms. The summed E-state index contributed by atoms with van der Waals surface area (Å²) in [5.74, 6) is 0.827. The molecular formula is C12H21N5O. The van der Waals surface area contributed by atoms with Crippen molar-refractivity contribution in [3.8, 4) is 0 Å². The van der Waals surface area contributed by atoms with E-state index in [9.17, 15) is 4.79 Å². The van der Waals surface area contributed by atoms with Gasteiger partial charge in [-0.15, -0.1) is 5.10 Å². The molecular weight excluding hydrogens is 230 g/mol. The van der Waals surface area contributed by atoms with Gasteiger partial charge in [0.2, 0.25) is 5.82 Å². The summed E-state index contributed by atoms with van der Waals surface area (Å²) in [6.07, 6.45) is 2.92. The van der Waals surface area contributed by atoms with E-state index < -0.39 is 0 Å². The number of hydrogen-bond acceptors (Lipinski definition) is 4. The normalized spacial score (nSPS) is 20.9. The quantitative estimate of drug-likeness (QED) is 0.821. The number of rotatable bonds is 4. The van der Waals surface area contributed by atoms with Crippen molar-refractivity contribution < 1.29 is 4.79 Å². The van der Waals surface area contributed by atoms with E-state index in [1.807, 2.05) is 6.92 Å². The highest BCUT2D eigenvalue weighted by molar-refractivity contribution is 5.90. The fraction of sp³-hybridized carbons (Fsp3) is 0.750. The lowest BCUT2D eigenvalue weighted by Crippen LogP contribution is -2.47. The molecule has 0 aromatic carbocycles. The Labute approximate surface area is 107 Å². The minimum atomic E-state index is -0.172. The van der Waals surface area contributed by atoms with Gasteiger partial charge in [-0.3, -0.25) is 9.89 Å². The molecule has 1 aliphatic rings. The van der Waals surface area contributed by atoms with Crippen molar-refractivity contribution >= 4 is 5.91 Å². The first kappa shape index (κ1) is 13.0. The smallest absolute Gasteiger partial charge is 0.291 e. The molecule has 18 heavy (non-hydrogen) atoms. The van der Waals surface area contributed by atoms with Crippen LogP contribution in [0.3, 0.4) is 0 Å². The first-order valence-corrected chi connectivity index (χ1v) is 6.67. The first-order valence-electron chi connectivity index (χ1n) is 6.67. The summed E-state index contributed by atoms with van der Waals surface area (Å²) in [4.78, 5) is 18.5. The Balaban J connectivity index is 1.90. The minimum Gasteiger partial charge on any atom is -0.345 e. The van der Waals surface area contributed by atoms with E-state index in [1.54, 1.807) is 0 Å². The second-order valence-electron chi connectivity index (χ2n) is 4.67. The SMILES string of the molecule is CCc1nc(C(=O)NC2CCCN(CC)C2)n[nH]1. The van der Waals surface area contributed by atoms with Crippen molar-refractivity contribution in [2.75, 3.05) is 19.6 Å². The number of piperidine rings is 1. The molecule has 1 saturated heterocycles. The van der Waals surface area contributed by atoms with Gasteiger partial charge in [-0.2, -0.15) is 0 Å². The summed E-state index contributed by atoms with van der Waals surface area (Å²) in [7, 11) is 0. The van der Waals surface area contributed by atoms with E-state index in [4.69, 9.17) is 0 Å². The van der Waals surface area contributed by atoms with Crippen LogP contribution in [0.1, 0.15) is 43.1 Å². The molecule has 1 atom stereocenters. The summed E-state index contributed by atoms with van der Waals surface area (Å²) in [5.41, 5.74) is 0. The third kappa shape index (κ3) is 3.07. The topological polar surface area (TPSA) is 73.9 Å². The summed E-state index contributed by atoms with van der Waals surface area (Å²) < 4.78 is 0. The Morgan fingerprint density at radius 2 is 2.39 bits per heavy atom. The fourth-order valence-corrected chi connectivity index (χ4v) is 2.27. The van der Waals surface area contributed by atoms with Crippen LogP contribution in [0.2, 0.25) is 0 Å². The van der Waals surface area contributed by atoms with E-state index in [1.165, 1.54) is 0 Å². The van der Waals surface area contributed by atoms with Gasteiger partial charge in [0.1, 0.15) is 5.82 Å². The van der Waals surface area contributed by atoms with E-state index >= 15 is 0 Å². The van der Waals surface area contributed by atoms with E-state index in [0.29, 0.717) is 0 Å². The van der Waals surface area contributed by atoms with Gasteiger partial charge in [0.15, 0.2) is 0 Å². The lowest BCUT2D eigenvalue weighted by molar-refractivity contribution is 0.0895. The van der Waals surface area contributed by atoms with Crippen LogP contribution in [0.4, 0.5) is 0 Å². The van der Waals surface area contributed by atoms with Gasteiger partial charge in [-0.05, 0) is 25.9 Å². The number of nitrogens with one attached hydrogen (secondary N) is 2. The molecule has 6 heteroatoms. The summed E-state index contributed by atoms with van der Waals surface area (Å²) in [6.45, 7) is 7.21. The first-order chi connectivity index (χ1) is 8.72. The molecule has 0 saturated carbocycles. The Morgan fingerprint density at radius 3 is 3.06 bits per heavy atom. The van der Waals surface area contributed by atoms with Crippen molar-refractivity contribution in [1.29, 1.82) is 0 Å². The number of aromatic amines is 1. The maximum atomic E-state index is 12.0. The van der Waals surface area contributed by atoms with Crippen molar-refractivity contribution in [3.05, 3.63) is 11.6 Å². The lowest BCUT2D eigenvalue weighted by atomic mass is 10.1. The third-order valence-corrected chi connectivity index (χ3v) is 3.36. The van der Waals surface area contributed by atoms with E-state index in [2.05, 4.69) is 32.3 Å². The van der Waals surface area contributed by atoms with Gasteiger partial charge in [-0.1, -0.05) is 13.8 Å². The molecule has 0 bridgehead atoms. The molecule has 1 unspecified atom stereocenters. The summed E-state index contributed by atoms with van der Waals surface area (Å²) in [6, 6.07) is 0.217. The number of nitrogens with zero attached hydrogens (tertiary/aromatic N) is 3. The fourth-order valence-electron chi connectivity index (χ4n) is 2.27. The monoisotopic (exact) mass is 251 g/mol. The Bertz CT molecular complexity index is 403. The number of hydrogen-bond donors (Lipinski definition) is 2. The maximum absolute atomic E-state index is 12.0. The number of carbonyl (C=O) groups is 1. The highest BCUT2D eigenvalue weighted by Gasteiger charge is 2.22. The number of likely N-dealkylation sites (N-methyl/N-ethyl adjacent to an activating group) is 1. The molecule has 1 amide bonds. The zero-order chi connectivity index (χ0) is 13.0. The van der Waals surface area contributed by atoms with Crippen molar-refractivity contribution in [2.45, 2.75) is 39.2 Å². The number of likely N-dealkylation sites (tertiary alicyclic amines) is 1. The molecule has 2 heterocycles. The summed E-state index contributed by atoms with van der Waals surface area (Å²) >= 11 is 0. The molecule has 100 valence electrons. The lowest BCUT2D eigenvalue weighted by Gasteiger charge is -2.31. The standard InChI is InChI=1S/C12H21N5O/c1-3-10-14-11(16-15-10)12(18)13-9-6-5-7-17(4-2)8-9/h9H,3-8H2,1-2H3,(H,13,18)(H,14,15,16). The van der Waals surface area contributed by atoms with Crippen LogP contribution >= 0.6 is 0 Å². The van der Waals surface area contributed by atoms with Gasteiger partial charge in [-0.25, -0.2) is 4.98 Å². The van der Waals surface area contributed by atoms with Crippen LogP contribution in [0, 0.1) is 0 Å². The molecule has 2 N–H and O–H groups in total. The van der Waals surface area contributed by atoms with Crippen molar-refractivity contribution in [1.82, 2.24) is 25.4 Å². The predicted molar refractivity (Wildman–Crippen MR) is 68.4 cm³/mol. The average molecular weight is 251 g/mol. The second kappa shape index (κ2) is 5.95. The highest BCUT2D eigenvalue weighted by atomic mass is 16.2. The predicted octanol–water partition coefficient (Wildman–Crippen LogP) is 0.581. The molecule has 0 aliphatic carbocycles. The zero-order valence-electron chi connectivity index (χ0n) is 11.1. The Hall–Kier alpha value is -1.43. The Kier molecular flexibility index (Phi) is 4.30. The van der Waals surface area contributed by atoms with Gasteiger partial charge in [0.05, 0.1) is 0 Å². The van der Waals surface area contributed by atoms with Crippen molar-refractivity contribution in [3.63, 3.8) is 0 Å². The number of amides is 1. The van der Waals surface area contributed by atoms with Gasteiger partial charge in [0, 0.05) is 19.0 Å². The van der Waals surface area contributed by atoms with Crippen LogP contribution < -0.4 is 5.32 Å². The number of H-pyrrole nitrogens is 1. The maximum Gasteiger partial charge on any atom is 0.291 e. The molecule has 2 rings (SSSR count). The van der Waals surface area contributed by atoms with Gasteiger partial charge in [0.25, 0.3) is 5.91 Å². The van der Waals surface area contributed by atoms with Gasteiger partial charge >= 0.3 is 0 Å². The number of carbonyl (C=O) groups excluding carboxylic acids is 1. The van der Waals surface area contributed by atoms with E-state index in [0.717, 1.165) is 44.7 Å². The molecule has 0 radical (unpaired) electrons. The van der Waals surface area contributed by atoms with Gasteiger partial charge < -0.3 is 10.2 Å². The average Bonchev–Trinajstić information content (AvgIpc) is 2.88. The highest BCUT2D eigenvalue weighted by Crippen LogP contribution is 2.09. The van der Waals surface area contributed by atoms with Crippen LogP contribution in [0.25, 0.3) is 0 Å². The van der Waals surface area contributed by atoms with E-state index in [-0.39, 0.29) is 17.8 Å². The van der Waals surface area contributed by atoms with Crippen molar-refractivity contribution in [2.24, 2.45) is 0 Å².